The Balaban J connectivity index is 3.04. The second kappa shape index (κ2) is 16.8. The van der Waals surface area contributed by atoms with Gasteiger partial charge in [-0.15, -0.1) is 0 Å². The molecule has 20 heavy (non-hydrogen) atoms. The summed E-state index contributed by atoms with van der Waals surface area (Å²) in [5.74, 6) is 0.876. The van der Waals surface area contributed by atoms with E-state index in [0.29, 0.717) is 0 Å². The highest BCUT2D eigenvalue weighted by Gasteiger charge is 1.93. The van der Waals surface area contributed by atoms with Gasteiger partial charge in [0.05, 0.1) is 0 Å². The smallest absolute Gasteiger partial charge is 0.0351 e. The highest BCUT2D eigenvalue weighted by Crippen LogP contribution is 2.11. The average molecular weight is 281 g/mol. The molecule has 0 radical (unpaired) electrons. The Morgan fingerprint density at radius 1 is 0.600 bits per heavy atom. The Morgan fingerprint density at radius 3 is 1.55 bits per heavy atom. The average Bonchev–Trinajstić information content (AvgIpc) is 2.43. The molecule has 120 valence electrons. The largest absolute Gasteiger partial charge is 0.0885 e. The van der Waals surface area contributed by atoms with Gasteiger partial charge in [-0.1, -0.05) is 97.1 Å². The van der Waals surface area contributed by atoms with Crippen molar-refractivity contribution in [1.29, 1.82) is 0 Å². The summed E-state index contributed by atoms with van der Waals surface area (Å²) in [6.45, 7) is 6.93. The molecule has 0 bridgehead atoms. The fourth-order valence-corrected chi connectivity index (χ4v) is 2.62. The Kier molecular flexibility index (Phi) is 16.6. The molecule has 0 amide bonds. The molecule has 0 saturated carbocycles. The number of hydrogen-bond donors (Lipinski definition) is 0. The van der Waals surface area contributed by atoms with E-state index < -0.39 is 0 Å². The summed E-state index contributed by atoms with van der Waals surface area (Å²) in [5.41, 5.74) is 0. The molecule has 0 aliphatic rings. The van der Waals surface area contributed by atoms with Crippen molar-refractivity contribution in [3.8, 4) is 0 Å². The van der Waals surface area contributed by atoms with Crippen molar-refractivity contribution in [2.45, 2.75) is 111 Å². The van der Waals surface area contributed by atoms with E-state index in [1.807, 2.05) is 0 Å². The van der Waals surface area contributed by atoms with E-state index in [2.05, 4.69) is 32.9 Å². The van der Waals surface area contributed by atoms with E-state index in [0.717, 1.165) is 5.92 Å². The standard InChI is InChI=1S/C20H40/c1-4-5-6-7-8-9-10-11-12-13-14-15-16-17-18-19-20(2)3/h14-15,20H,4-13,16-19H2,1-3H3. The van der Waals surface area contributed by atoms with Gasteiger partial charge in [0.2, 0.25) is 0 Å². The second-order valence-corrected chi connectivity index (χ2v) is 6.77. The van der Waals surface area contributed by atoms with Gasteiger partial charge < -0.3 is 0 Å². The van der Waals surface area contributed by atoms with Gasteiger partial charge in [0.15, 0.2) is 0 Å². The van der Waals surface area contributed by atoms with Crippen molar-refractivity contribution >= 4 is 0 Å². The quantitative estimate of drug-likeness (QED) is 0.213. The molecular formula is C20H40. The lowest BCUT2D eigenvalue weighted by Gasteiger charge is -2.02. The first kappa shape index (κ1) is 19.7. The summed E-state index contributed by atoms with van der Waals surface area (Å²) < 4.78 is 0. The zero-order chi connectivity index (χ0) is 14.9. The van der Waals surface area contributed by atoms with E-state index >= 15 is 0 Å². The minimum Gasteiger partial charge on any atom is -0.0885 e. The third kappa shape index (κ3) is 17.7. The van der Waals surface area contributed by atoms with Crippen LogP contribution in [0.4, 0.5) is 0 Å². The van der Waals surface area contributed by atoms with Crippen molar-refractivity contribution in [3.63, 3.8) is 0 Å². The molecule has 0 aliphatic carbocycles. The van der Waals surface area contributed by atoms with Crippen LogP contribution in [0.5, 0.6) is 0 Å². The van der Waals surface area contributed by atoms with Crippen LogP contribution in [0.1, 0.15) is 111 Å². The fraction of sp³-hybridized carbons (Fsp3) is 0.900. The maximum Gasteiger partial charge on any atom is -0.0351 e. The minimum absolute atomic E-state index is 0.876. The first-order valence-electron chi connectivity index (χ1n) is 9.42. The van der Waals surface area contributed by atoms with Crippen molar-refractivity contribution in [3.05, 3.63) is 12.2 Å². The van der Waals surface area contributed by atoms with E-state index in [9.17, 15) is 0 Å². The van der Waals surface area contributed by atoms with Crippen molar-refractivity contribution in [1.82, 2.24) is 0 Å². The number of allylic oxidation sites excluding steroid dienone is 2. The molecule has 0 unspecified atom stereocenters. The summed E-state index contributed by atoms with van der Waals surface area (Å²) in [6.07, 6.45) is 24.5. The Labute approximate surface area is 129 Å². The van der Waals surface area contributed by atoms with Gasteiger partial charge in [0.1, 0.15) is 0 Å². The van der Waals surface area contributed by atoms with Crippen molar-refractivity contribution < 1.29 is 0 Å². The molecule has 0 heterocycles. The molecule has 0 aliphatic heterocycles. The van der Waals surface area contributed by atoms with Crippen LogP contribution in [-0.2, 0) is 0 Å². The van der Waals surface area contributed by atoms with Crippen LogP contribution in [0.25, 0.3) is 0 Å². The summed E-state index contributed by atoms with van der Waals surface area (Å²) in [6, 6.07) is 0. The molecule has 0 saturated heterocycles. The lowest BCUT2D eigenvalue weighted by Crippen LogP contribution is -1.85. The predicted octanol–water partition coefficient (Wildman–Crippen LogP) is 7.68. The Bertz CT molecular complexity index is 190. The second-order valence-electron chi connectivity index (χ2n) is 6.77. The normalized spacial score (nSPS) is 11.8. The molecule has 0 aromatic heterocycles. The predicted molar refractivity (Wildman–Crippen MR) is 94.3 cm³/mol. The van der Waals surface area contributed by atoms with Gasteiger partial charge in [-0.3, -0.25) is 0 Å². The highest BCUT2D eigenvalue weighted by molar-refractivity contribution is 4.81. The highest BCUT2D eigenvalue weighted by atomic mass is 14.0. The molecule has 0 heteroatoms. The SMILES string of the molecule is CCCCCCCCCCCC=CCCCCC(C)C. The van der Waals surface area contributed by atoms with Gasteiger partial charge in [0.25, 0.3) is 0 Å². The summed E-state index contributed by atoms with van der Waals surface area (Å²) in [5, 5.41) is 0. The van der Waals surface area contributed by atoms with E-state index in [-0.39, 0.29) is 0 Å². The van der Waals surface area contributed by atoms with Gasteiger partial charge in [-0.2, -0.15) is 0 Å². The minimum atomic E-state index is 0.876. The van der Waals surface area contributed by atoms with Crippen molar-refractivity contribution in [2.75, 3.05) is 0 Å². The van der Waals surface area contributed by atoms with Crippen LogP contribution in [0.15, 0.2) is 12.2 Å². The number of rotatable bonds is 15. The first-order valence-corrected chi connectivity index (χ1v) is 9.42. The van der Waals surface area contributed by atoms with Crippen molar-refractivity contribution in [2.24, 2.45) is 5.92 Å². The molecule has 0 nitrogen and oxygen atoms in total. The molecule has 0 aromatic rings. The Morgan fingerprint density at radius 2 is 1.05 bits per heavy atom. The van der Waals surface area contributed by atoms with Crippen LogP contribution >= 0.6 is 0 Å². The van der Waals surface area contributed by atoms with Gasteiger partial charge in [0, 0.05) is 0 Å². The maximum atomic E-state index is 2.41. The molecule has 0 spiro atoms. The topological polar surface area (TPSA) is 0 Å². The van der Waals surface area contributed by atoms with Crippen LogP contribution in [-0.4, -0.2) is 0 Å². The molecule has 0 atom stereocenters. The first-order chi connectivity index (χ1) is 9.77. The van der Waals surface area contributed by atoms with Crippen LogP contribution < -0.4 is 0 Å². The third-order valence-corrected chi connectivity index (χ3v) is 4.04. The molecule has 0 N–H and O–H groups in total. The summed E-state index contributed by atoms with van der Waals surface area (Å²) in [7, 11) is 0. The van der Waals surface area contributed by atoms with Crippen LogP contribution in [0.3, 0.4) is 0 Å². The van der Waals surface area contributed by atoms with Gasteiger partial charge in [-0.05, 0) is 31.6 Å². The molecule has 0 rings (SSSR count). The van der Waals surface area contributed by atoms with E-state index in [4.69, 9.17) is 0 Å². The van der Waals surface area contributed by atoms with E-state index in [1.165, 1.54) is 89.9 Å². The van der Waals surface area contributed by atoms with Gasteiger partial charge in [-0.25, -0.2) is 0 Å². The monoisotopic (exact) mass is 280 g/mol. The fourth-order valence-electron chi connectivity index (χ4n) is 2.62. The molecule has 0 fully saturated rings. The third-order valence-electron chi connectivity index (χ3n) is 4.04. The van der Waals surface area contributed by atoms with Crippen LogP contribution in [0, 0.1) is 5.92 Å². The summed E-state index contributed by atoms with van der Waals surface area (Å²) >= 11 is 0. The van der Waals surface area contributed by atoms with Crippen LogP contribution in [0.2, 0.25) is 0 Å². The Hall–Kier alpha value is -0.260. The number of unbranched alkanes of at least 4 members (excludes halogenated alkanes) is 11. The summed E-state index contributed by atoms with van der Waals surface area (Å²) in [4.78, 5) is 0. The molecule has 0 aromatic carbocycles. The number of hydrogen-bond acceptors (Lipinski definition) is 0. The lowest BCUT2D eigenvalue weighted by molar-refractivity contribution is 0.540. The van der Waals surface area contributed by atoms with E-state index in [1.54, 1.807) is 0 Å². The van der Waals surface area contributed by atoms with Gasteiger partial charge >= 0.3 is 0 Å². The zero-order valence-electron chi connectivity index (χ0n) is 14.6. The lowest BCUT2D eigenvalue weighted by atomic mass is 10.0. The molecular weight excluding hydrogens is 240 g/mol. The zero-order valence-corrected chi connectivity index (χ0v) is 14.6. The maximum absolute atomic E-state index is 2.41.